The van der Waals surface area contributed by atoms with E-state index in [1.807, 2.05) is 12.1 Å². The number of halogens is 1. The number of ether oxygens (including phenoxy) is 1. The van der Waals surface area contributed by atoms with Gasteiger partial charge in [-0.2, -0.15) is 0 Å². The molecule has 25 heavy (non-hydrogen) atoms. The van der Waals surface area contributed by atoms with Crippen molar-refractivity contribution < 1.29 is 4.74 Å². The van der Waals surface area contributed by atoms with E-state index in [1.165, 1.54) is 21.9 Å². The highest BCUT2D eigenvalue weighted by atomic mass is 35.5. The van der Waals surface area contributed by atoms with Crippen LogP contribution in [-0.4, -0.2) is 13.2 Å². The molecule has 0 aliphatic rings. The van der Waals surface area contributed by atoms with Gasteiger partial charge >= 0.3 is 0 Å². The van der Waals surface area contributed by atoms with E-state index in [9.17, 15) is 0 Å². The van der Waals surface area contributed by atoms with Crippen LogP contribution in [0.1, 0.15) is 24.5 Å². The SMILES string of the molecule is CCCOc1ccc2ccccc2c1CNCCc1ccc(Cl)cc1. The predicted molar refractivity (Wildman–Crippen MR) is 107 cm³/mol. The summed E-state index contributed by atoms with van der Waals surface area (Å²) in [6.45, 7) is 4.59. The molecular formula is C22H24ClNO. The average molecular weight is 354 g/mol. The quantitative estimate of drug-likeness (QED) is 0.531. The van der Waals surface area contributed by atoms with Crippen molar-refractivity contribution in [3.8, 4) is 5.75 Å². The molecular weight excluding hydrogens is 330 g/mol. The molecule has 3 aromatic carbocycles. The Hall–Kier alpha value is -2.03. The van der Waals surface area contributed by atoms with Gasteiger partial charge in [-0.1, -0.05) is 61.0 Å². The predicted octanol–water partition coefficient (Wildman–Crippen LogP) is 5.61. The van der Waals surface area contributed by atoms with Gasteiger partial charge in [-0.3, -0.25) is 0 Å². The minimum Gasteiger partial charge on any atom is -0.493 e. The molecule has 0 atom stereocenters. The van der Waals surface area contributed by atoms with E-state index in [4.69, 9.17) is 16.3 Å². The first kappa shape index (κ1) is 17.8. The number of rotatable bonds is 8. The second-order valence-corrected chi connectivity index (χ2v) is 6.60. The number of nitrogens with one attached hydrogen (secondary N) is 1. The Balaban J connectivity index is 1.69. The summed E-state index contributed by atoms with van der Waals surface area (Å²) in [7, 11) is 0. The Labute approximate surface area is 154 Å². The second kappa shape index (κ2) is 8.89. The van der Waals surface area contributed by atoms with E-state index in [-0.39, 0.29) is 0 Å². The Morgan fingerprint density at radius 3 is 2.56 bits per heavy atom. The first-order chi connectivity index (χ1) is 12.3. The number of hydrogen-bond acceptors (Lipinski definition) is 2. The van der Waals surface area contributed by atoms with E-state index in [1.54, 1.807) is 0 Å². The summed E-state index contributed by atoms with van der Waals surface area (Å²) in [5.41, 5.74) is 2.53. The Bertz CT molecular complexity index is 814. The van der Waals surface area contributed by atoms with Crippen molar-refractivity contribution in [3.05, 3.63) is 76.8 Å². The summed E-state index contributed by atoms with van der Waals surface area (Å²) in [6.07, 6.45) is 1.99. The van der Waals surface area contributed by atoms with Crippen LogP contribution in [0.4, 0.5) is 0 Å². The molecule has 0 aromatic heterocycles. The lowest BCUT2D eigenvalue weighted by atomic mass is 10.0. The summed E-state index contributed by atoms with van der Waals surface area (Å²) >= 11 is 5.94. The Morgan fingerprint density at radius 2 is 1.76 bits per heavy atom. The second-order valence-electron chi connectivity index (χ2n) is 6.17. The third-order valence-corrected chi connectivity index (χ3v) is 4.52. The van der Waals surface area contributed by atoms with Crippen molar-refractivity contribution >= 4 is 22.4 Å². The van der Waals surface area contributed by atoms with E-state index < -0.39 is 0 Å². The van der Waals surface area contributed by atoms with Gasteiger partial charge in [0.2, 0.25) is 0 Å². The Kier molecular flexibility index (Phi) is 6.32. The minimum atomic E-state index is 0.746. The molecule has 0 saturated heterocycles. The molecule has 1 N–H and O–H groups in total. The van der Waals surface area contributed by atoms with Crippen molar-refractivity contribution in [1.29, 1.82) is 0 Å². The van der Waals surface area contributed by atoms with Gasteiger partial charge in [0.15, 0.2) is 0 Å². The summed E-state index contributed by atoms with van der Waals surface area (Å²) in [5, 5.41) is 6.85. The Morgan fingerprint density at radius 1 is 0.960 bits per heavy atom. The zero-order valence-corrected chi connectivity index (χ0v) is 15.4. The van der Waals surface area contributed by atoms with Gasteiger partial charge in [0.05, 0.1) is 6.61 Å². The molecule has 0 saturated carbocycles. The lowest BCUT2D eigenvalue weighted by Crippen LogP contribution is -2.17. The summed E-state index contributed by atoms with van der Waals surface area (Å²) in [5.74, 6) is 0.986. The van der Waals surface area contributed by atoms with Gasteiger partial charge in [-0.15, -0.1) is 0 Å². The lowest BCUT2D eigenvalue weighted by molar-refractivity contribution is 0.314. The zero-order valence-electron chi connectivity index (χ0n) is 14.6. The van der Waals surface area contributed by atoms with Gasteiger partial charge in [-0.05, 0) is 53.9 Å². The molecule has 130 valence electrons. The monoisotopic (exact) mass is 353 g/mol. The molecule has 0 radical (unpaired) electrons. The van der Waals surface area contributed by atoms with Gasteiger partial charge in [0.25, 0.3) is 0 Å². The van der Waals surface area contributed by atoms with Crippen molar-refractivity contribution in [3.63, 3.8) is 0 Å². The van der Waals surface area contributed by atoms with Crippen molar-refractivity contribution in [2.24, 2.45) is 0 Å². The minimum absolute atomic E-state index is 0.746. The molecule has 3 rings (SSSR count). The molecule has 0 bridgehead atoms. The van der Waals surface area contributed by atoms with Crippen molar-refractivity contribution in [2.45, 2.75) is 26.3 Å². The molecule has 0 unspecified atom stereocenters. The third kappa shape index (κ3) is 4.75. The largest absolute Gasteiger partial charge is 0.493 e. The molecule has 0 spiro atoms. The molecule has 0 aliphatic carbocycles. The smallest absolute Gasteiger partial charge is 0.124 e. The van der Waals surface area contributed by atoms with Gasteiger partial charge < -0.3 is 10.1 Å². The molecule has 2 nitrogen and oxygen atoms in total. The van der Waals surface area contributed by atoms with E-state index in [2.05, 4.69) is 60.8 Å². The maximum Gasteiger partial charge on any atom is 0.124 e. The fourth-order valence-electron chi connectivity index (χ4n) is 2.94. The van der Waals surface area contributed by atoms with E-state index in [0.29, 0.717) is 0 Å². The van der Waals surface area contributed by atoms with Crippen LogP contribution in [0.5, 0.6) is 5.75 Å². The molecule has 0 amide bonds. The first-order valence-electron chi connectivity index (χ1n) is 8.86. The number of fused-ring (bicyclic) bond motifs is 1. The van der Waals surface area contributed by atoms with Crippen molar-refractivity contribution in [2.75, 3.05) is 13.2 Å². The third-order valence-electron chi connectivity index (χ3n) is 4.26. The lowest BCUT2D eigenvalue weighted by Gasteiger charge is -2.15. The van der Waals surface area contributed by atoms with Crippen LogP contribution in [0, 0.1) is 0 Å². The fourth-order valence-corrected chi connectivity index (χ4v) is 3.07. The molecule has 0 fully saturated rings. The van der Waals surface area contributed by atoms with Gasteiger partial charge in [-0.25, -0.2) is 0 Å². The van der Waals surface area contributed by atoms with Crippen LogP contribution in [-0.2, 0) is 13.0 Å². The topological polar surface area (TPSA) is 21.3 Å². The van der Waals surface area contributed by atoms with Gasteiger partial charge in [0, 0.05) is 17.1 Å². The van der Waals surface area contributed by atoms with E-state index >= 15 is 0 Å². The highest BCUT2D eigenvalue weighted by Crippen LogP contribution is 2.28. The van der Waals surface area contributed by atoms with Gasteiger partial charge in [0.1, 0.15) is 5.75 Å². The number of hydrogen-bond donors (Lipinski definition) is 1. The standard InChI is InChI=1S/C22H24ClNO/c1-2-15-25-22-12-9-18-5-3-4-6-20(18)21(22)16-24-14-13-17-7-10-19(23)11-8-17/h3-12,24H,2,13-16H2,1H3. The maximum absolute atomic E-state index is 5.97. The summed E-state index contributed by atoms with van der Waals surface area (Å²) in [6, 6.07) is 20.8. The molecule has 3 aromatic rings. The molecule has 3 heteroatoms. The average Bonchev–Trinajstić information content (AvgIpc) is 2.65. The fraction of sp³-hybridized carbons (Fsp3) is 0.273. The van der Waals surface area contributed by atoms with Crippen LogP contribution >= 0.6 is 11.6 Å². The highest BCUT2D eigenvalue weighted by Gasteiger charge is 2.08. The van der Waals surface area contributed by atoms with Crippen LogP contribution in [0.3, 0.4) is 0 Å². The highest BCUT2D eigenvalue weighted by molar-refractivity contribution is 6.30. The maximum atomic E-state index is 5.97. The summed E-state index contributed by atoms with van der Waals surface area (Å²) in [4.78, 5) is 0. The van der Waals surface area contributed by atoms with Crippen LogP contribution in [0.2, 0.25) is 5.02 Å². The normalized spacial score (nSPS) is 11.0. The van der Waals surface area contributed by atoms with Crippen molar-refractivity contribution in [1.82, 2.24) is 5.32 Å². The van der Waals surface area contributed by atoms with E-state index in [0.717, 1.165) is 43.3 Å². The number of benzene rings is 3. The molecule has 0 heterocycles. The van der Waals surface area contributed by atoms with Crippen LogP contribution in [0.25, 0.3) is 10.8 Å². The first-order valence-corrected chi connectivity index (χ1v) is 9.24. The van der Waals surface area contributed by atoms with Crippen LogP contribution in [0.15, 0.2) is 60.7 Å². The zero-order chi connectivity index (χ0) is 17.5. The molecule has 0 aliphatic heterocycles. The van der Waals surface area contributed by atoms with Crippen LogP contribution < -0.4 is 10.1 Å². The summed E-state index contributed by atoms with van der Waals surface area (Å²) < 4.78 is 5.97.